The Labute approximate surface area is 124 Å². The minimum Gasteiger partial charge on any atom is -0.410 e. The number of rotatable bonds is 5. The quantitative estimate of drug-likeness (QED) is 0.299. The van der Waals surface area contributed by atoms with Crippen LogP contribution in [-0.4, -0.2) is 47.3 Å². The zero-order valence-corrected chi connectivity index (χ0v) is 12.9. The molecule has 0 fully saturated rings. The van der Waals surface area contributed by atoms with Crippen LogP contribution in [0.5, 0.6) is 0 Å². The van der Waals surface area contributed by atoms with Gasteiger partial charge in [0.05, 0.1) is 0 Å². The van der Waals surface area contributed by atoms with E-state index in [0.29, 0.717) is 11.3 Å². The van der Waals surface area contributed by atoms with Gasteiger partial charge in [0.15, 0.2) is 5.04 Å². The Morgan fingerprint density at radius 2 is 1.89 bits per heavy atom. The molecule has 19 heavy (non-hydrogen) atoms. The molecule has 1 rings (SSSR count). The van der Waals surface area contributed by atoms with Crippen LogP contribution in [0.2, 0.25) is 0 Å². The Kier molecular flexibility index (Phi) is 8.47. The number of thioether (sulfide) groups is 1. The van der Waals surface area contributed by atoms with Crippen LogP contribution >= 0.6 is 24.2 Å². The third-order valence-electron chi connectivity index (χ3n) is 2.38. The van der Waals surface area contributed by atoms with Gasteiger partial charge in [-0.3, -0.25) is 4.79 Å². The van der Waals surface area contributed by atoms with Crippen LogP contribution in [0.1, 0.15) is 15.9 Å². The van der Waals surface area contributed by atoms with Gasteiger partial charge in [0.1, 0.15) is 0 Å². The molecule has 0 amide bonds. The molecule has 0 saturated carbocycles. The van der Waals surface area contributed by atoms with Crippen molar-refractivity contribution in [3.63, 3.8) is 0 Å². The summed E-state index contributed by atoms with van der Waals surface area (Å²) >= 11 is 1.27. The molecule has 0 bridgehead atoms. The first-order chi connectivity index (χ1) is 8.54. The zero-order valence-electron chi connectivity index (χ0n) is 11.3. The van der Waals surface area contributed by atoms with Crippen LogP contribution in [0.25, 0.3) is 0 Å². The van der Waals surface area contributed by atoms with Crippen LogP contribution in [0, 0.1) is 6.92 Å². The lowest BCUT2D eigenvalue weighted by Crippen LogP contribution is -2.18. The van der Waals surface area contributed by atoms with Gasteiger partial charge in [0.25, 0.3) is 0 Å². The van der Waals surface area contributed by atoms with Crippen LogP contribution in [-0.2, 0) is 0 Å². The highest BCUT2D eigenvalue weighted by atomic mass is 35.5. The molecule has 1 aromatic carbocycles. The van der Waals surface area contributed by atoms with Gasteiger partial charge >= 0.3 is 0 Å². The fraction of sp³-hybridized carbons (Fsp3) is 0.385. The first-order valence-corrected chi connectivity index (χ1v) is 6.64. The summed E-state index contributed by atoms with van der Waals surface area (Å²) in [6, 6.07) is 7.23. The highest BCUT2D eigenvalue weighted by Gasteiger charge is 2.15. The van der Waals surface area contributed by atoms with Crippen LogP contribution in [0.15, 0.2) is 29.4 Å². The van der Waals surface area contributed by atoms with Gasteiger partial charge in [-0.2, -0.15) is 0 Å². The van der Waals surface area contributed by atoms with Crippen molar-refractivity contribution < 1.29 is 10.0 Å². The zero-order chi connectivity index (χ0) is 13.5. The molecule has 0 aliphatic rings. The molecular weight excluding hydrogens is 284 g/mol. The van der Waals surface area contributed by atoms with Gasteiger partial charge in [0.2, 0.25) is 5.78 Å². The summed E-state index contributed by atoms with van der Waals surface area (Å²) in [5.74, 6) is 0.477. The molecule has 0 radical (unpaired) electrons. The maximum atomic E-state index is 12.0. The molecule has 0 atom stereocenters. The smallest absolute Gasteiger partial charge is 0.221 e. The maximum absolute atomic E-state index is 12.0. The number of Topliss-reactive ketones (excluding diaryl/α,β-unsaturated/α-hetero) is 1. The summed E-state index contributed by atoms with van der Waals surface area (Å²) in [5.41, 5.74) is 1.64. The molecule has 4 nitrogen and oxygen atoms in total. The summed E-state index contributed by atoms with van der Waals surface area (Å²) in [5, 5.41) is 12.1. The molecule has 106 valence electrons. The van der Waals surface area contributed by atoms with Crippen LogP contribution in [0.3, 0.4) is 0 Å². The summed E-state index contributed by atoms with van der Waals surface area (Å²) in [4.78, 5) is 14.0. The minimum absolute atomic E-state index is 0. The van der Waals surface area contributed by atoms with Gasteiger partial charge < -0.3 is 10.1 Å². The van der Waals surface area contributed by atoms with E-state index in [1.54, 1.807) is 12.1 Å². The predicted octanol–water partition coefficient (Wildman–Crippen LogP) is 2.68. The number of carbonyl (C=O) groups excluding carboxylic acids is 1. The number of hydrogen-bond acceptors (Lipinski definition) is 5. The lowest BCUT2D eigenvalue weighted by atomic mass is 10.1. The first kappa shape index (κ1) is 18.0. The van der Waals surface area contributed by atoms with Gasteiger partial charge in [-0.1, -0.05) is 46.7 Å². The van der Waals surface area contributed by atoms with Crippen molar-refractivity contribution in [3.8, 4) is 0 Å². The van der Waals surface area contributed by atoms with Crippen molar-refractivity contribution in [2.24, 2.45) is 5.16 Å². The second-order valence-electron chi connectivity index (χ2n) is 4.25. The second-order valence-corrected chi connectivity index (χ2v) is 5.34. The van der Waals surface area contributed by atoms with E-state index in [1.165, 1.54) is 11.8 Å². The normalized spacial score (nSPS) is 11.3. The number of aryl methyl sites for hydroxylation is 1. The maximum Gasteiger partial charge on any atom is 0.221 e. The minimum atomic E-state index is -0.235. The van der Waals surface area contributed by atoms with Crippen LogP contribution in [0.4, 0.5) is 0 Å². The SMILES string of the molecule is Cc1ccc(C(=O)/C(=N/O)SCCN(C)C)cc1.Cl. The van der Waals surface area contributed by atoms with Crippen LogP contribution < -0.4 is 0 Å². The molecule has 0 aliphatic heterocycles. The topological polar surface area (TPSA) is 52.9 Å². The number of halogens is 1. The number of benzene rings is 1. The van der Waals surface area contributed by atoms with Crippen molar-refractivity contribution in [2.45, 2.75) is 6.92 Å². The number of oxime groups is 1. The highest BCUT2D eigenvalue weighted by Crippen LogP contribution is 2.12. The van der Waals surface area contributed by atoms with Gasteiger partial charge in [-0.25, -0.2) is 0 Å². The molecule has 1 aromatic rings. The molecule has 0 aliphatic carbocycles. The molecule has 0 aromatic heterocycles. The lowest BCUT2D eigenvalue weighted by molar-refractivity contribution is 0.106. The summed E-state index contributed by atoms with van der Waals surface area (Å²) in [6.45, 7) is 2.78. The Balaban J connectivity index is 0.00000324. The molecular formula is C13H19ClN2O2S. The molecule has 0 spiro atoms. The van der Waals surface area contributed by atoms with Crippen molar-refractivity contribution in [3.05, 3.63) is 35.4 Å². The Hall–Kier alpha value is -1.04. The monoisotopic (exact) mass is 302 g/mol. The van der Waals surface area contributed by atoms with E-state index in [-0.39, 0.29) is 23.2 Å². The van der Waals surface area contributed by atoms with Crippen molar-refractivity contribution >= 4 is 35.0 Å². The third-order valence-corrected chi connectivity index (χ3v) is 3.30. The summed E-state index contributed by atoms with van der Waals surface area (Å²) in [7, 11) is 3.91. The second kappa shape index (κ2) is 8.96. The number of nitrogens with zero attached hydrogens (tertiary/aromatic N) is 2. The largest absolute Gasteiger partial charge is 0.410 e. The number of hydrogen-bond donors (Lipinski definition) is 1. The highest BCUT2D eigenvalue weighted by molar-refractivity contribution is 8.15. The molecule has 0 saturated heterocycles. The van der Waals surface area contributed by atoms with Gasteiger partial charge in [0, 0.05) is 17.9 Å². The molecule has 1 N–H and O–H groups in total. The molecule has 0 unspecified atom stereocenters. The van der Waals surface area contributed by atoms with Crippen molar-refractivity contribution in [2.75, 3.05) is 26.4 Å². The van der Waals surface area contributed by atoms with Gasteiger partial charge in [-0.05, 0) is 21.0 Å². The van der Waals surface area contributed by atoms with E-state index in [1.807, 2.05) is 38.1 Å². The lowest BCUT2D eigenvalue weighted by Gasteiger charge is -2.09. The molecule has 6 heteroatoms. The van der Waals surface area contributed by atoms with E-state index >= 15 is 0 Å². The summed E-state index contributed by atoms with van der Waals surface area (Å²) in [6.07, 6.45) is 0. The fourth-order valence-electron chi connectivity index (χ4n) is 1.29. The fourth-order valence-corrected chi connectivity index (χ4v) is 2.25. The van der Waals surface area contributed by atoms with E-state index in [2.05, 4.69) is 5.16 Å². The average molecular weight is 303 g/mol. The average Bonchev–Trinajstić information content (AvgIpc) is 2.34. The standard InChI is InChI=1S/C13H18N2O2S.ClH/c1-10-4-6-11(7-5-10)12(16)13(14-17)18-9-8-15(2)3;/h4-7,17H,8-9H2,1-3H3;1H/b14-13-;. The van der Waals surface area contributed by atoms with Crippen molar-refractivity contribution in [1.82, 2.24) is 4.90 Å². The predicted molar refractivity (Wildman–Crippen MR) is 83.0 cm³/mol. The van der Waals surface area contributed by atoms with E-state index < -0.39 is 0 Å². The van der Waals surface area contributed by atoms with E-state index in [4.69, 9.17) is 5.21 Å². The molecule has 0 heterocycles. The summed E-state index contributed by atoms with van der Waals surface area (Å²) < 4.78 is 0. The Morgan fingerprint density at radius 1 is 1.32 bits per heavy atom. The Bertz CT molecular complexity index is 433. The van der Waals surface area contributed by atoms with E-state index in [9.17, 15) is 4.79 Å². The van der Waals surface area contributed by atoms with Crippen molar-refractivity contribution in [1.29, 1.82) is 0 Å². The van der Waals surface area contributed by atoms with E-state index in [0.717, 1.165) is 12.1 Å². The van der Waals surface area contributed by atoms with Gasteiger partial charge in [-0.15, -0.1) is 12.4 Å². The number of carbonyl (C=O) groups is 1. The third kappa shape index (κ3) is 6.09. The first-order valence-electron chi connectivity index (χ1n) is 5.65. The number of ketones is 1. The Morgan fingerprint density at radius 3 is 2.37 bits per heavy atom.